The van der Waals surface area contributed by atoms with Crippen molar-refractivity contribution in [2.24, 2.45) is 0 Å². The van der Waals surface area contributed by atoms with E-state index in [4.69, 9.17) is 0 Å². The lowest BCUT2D eigenvalue weighted by molar-refractivity contribution is 0.595. The Morgan fingerprint density at radius 3 is 2.09 bits per heavy atom. The summed E-state index contributed by atoms with van der Waals surface area (Å²) in [6.07, 6.45) is 1.57. The zero-order valence-electron chi connectivity index (χ0n) is 12.4. The predicted octanol–water partition coefficient (Wildman–Crippen LogP) is 5.31. The third-order valence-electron chi connectivity index (χ3n) is 3.67. The molecule has 0 aliphatic carbocycles. The summed E-state index contributed by atoms with van der Waals surface area (Å²) >= 11 is 0. The van der Waals surface area contributed by atoms with E-state index >= 15 is 0 Å². The van der Waals surface area contributed by atoms with Gasteiger partial charge in [-0.25, -0.2) is 8.78 Å². The maximum atomic E-state index is 14.0. The van der Waals surface area contributed by atoms with Gasteiger partial charge in [0.25, 0.3) is 0 Å². The van der Waals surface area contributed by atoms with Gasteiger partial charge in [-0.05, 0) is 37.6 Å². The molecule has 1 nitrogen and oxygen atoms in total. The lowest BCUT2D eigenvalue weighted by Gasteiger charge is -2.07. The fraction of sp³-hybridized carbons (Fsp3) is 0.105. The van der Waals surface area contributed by atoms with Gasteiger partial charge in [-0.2, -0.15) is 0 Å². The van der Waals surface area contributed by atoms with Gasteiger partial charge in [0.2, 0.25) is 0 Å². The fourth-order valence-corrected chi connectivity index (χ4v) is 2.32. The minimum absolute atomic E-state index is 0.228. The van der Waals surface area contributed by atoms with Gasteiger partial charge in [-0.3, -0.25) is 4.98 Å². The first-order chi connectivity index (χ1) is 10.5. The average Bonchev–Trinajstić information content (AvgIpc) is 2.52. The zero-order valence-corrected chi connectivity index (χ0v) is 12.4. The first-order valence-electron chi connectivity index (χ1n) is 7.04. The van der Waals surface area contributed by atoms with E-state index in [0.717, 1.165) is 11.3 Å². The molecule has 3 rings (SSSR count). The summed E-state index contributed by atoms with van der Waals surface area (Å²) in [5.74, 6) is -0.859. The van der Waals surface area contributed by atoms with Crippen molar-refractivity contribution >= 4 is 0 Å². The summed E-state index contributed by atoms with van der Waals surface area (Å²) < 4.78 is 27.6. The Morgan fingerprint density at radius 1 is 0.773 bits per heavy atom. The highest BCUT2D eigenvalue weighted by atomic mass is 19.1. The van der Waals surface area contributed by atoms with Crippen LogP contribution in [-0.2, 0) is 0 Å². The number of rotatable bonds is 2. The Kier molecular flexibility index (Phi) is 3.72. The van der Waals surface area contributed by atoms with Crippen LogP contribution in [0.2, 0.25) is 0 Å². The second-order valence-electron chi connectivity index (χ2n) is 5.38. The van der Waals surface area contributed by atoms with Gasteiger partial charge in [0.1, 0.15) is 11.6 Å². The molecular formula is C19H15F2N. The highest BCUT2D eigenvalue weighted by Crippen LogP contribution is 2.26. The molecule has 0 radical (unpaired) electrons. The molecule has 0 bridgehead atoms. The first-order valence-corrected chi connectivity index (χ1v) is 7.04. The number of halogens is 2. The molecule has 0 unspecified atom stereocenters. The SMILES string of the molecule is Cc1ccc(-c2ccc(-c3cc(F)c(C)cc3F)cn2)cc1. The Bertz CT molecular complexity index is 806. The predicted molar refractivity (Wildman–Crippen MR) is 84.5 cm³/mol. The summed E-state index contributed by atoms with van der Waals surface area (Å²) in [4.78, 5) is 4.36. The van der Waals surface area contributed by atoms with Crippen LogP contribution in [0.3, 0.4) is 0 Å². The van der Waals surface area contributed by atoms with Crippen LogP contribution in [-0.4, -0.2) is 4.98 Å². The van der Waals surface area contributed by atoms with Gasteiger partial charge in [0.05, 0.1) is 5.69 Å². The molecule has 0 atom stereocenters. The van der Waals surface area contributed by atoms with Gasteiger partial charge in [-0.15, -0.1) is 0 Å². The van der Waals surface area contributed by atoms with E-state index in [1.54, 1.807) is 19.2 Å². The van der Waals surface area contributed by atoms with Gasteiger partial charge < -0.3 is 0 Å². The number of nitrogens with zero attached hydrogens (tertiary/aromatic N) is 1. The molecule has 22 heavy (non-hydrogen) atoms. The van der Waals surface area contributed by atoms with Crippen molar-refractivity contribution in [2.45, 2.75) is 13.8 Å². The van der Waals surface area contributed by atoms with Crippen LogP contribution >= 0.6 is 0 Å². The van der Waals surface area contributed by atoms with Gasteiger partial charge in [0.15, 0.2) is 0 Å². The molecule has 0 N–H and O–H groups in total. The quantitative estimate of drug-likeness (QED) is 0.624. The van der Waals surface area contributed by atoms with Crippen molar-refractivity contribution in [3.05, 3.63) is 77.5 Å². The zero-order chi connectivity index (χ0) is 15.7. The van der Waals surface area contributed by atoms with E-state index in [1.165, 1.54) is 17.7 Å². The molecule has 110 valence electrons. The van der Waals surface area contributed by atoms with E-state index in [9.17, 15) is 8.78 Å². The molecule has 0 saturated heterocycles. The molecular weight excluding hydrogens is 280 g/mol. The highest BCUT2D eigenvalue weighted by molar-refractivity contribution is 5.67. The van der Waals surface area contributed by atoms with Crippen LogP contribution < -0.4 is 0 Å². The number of hydrogen-bond donors (Lipinski definition) is 0. The van der Waals surface area contributed by atoms with Crippen LogP contribution in [0.25, 0.3) is 22.4 Å². The number of aryl methyl sites for hydroxylation is 2. The van der Waals surface area contributed by atoms with Crippen LogP contribution in [0, 0.1) is 25.5 Å². The Balaban J connectivity index is 1.98. The summed E-state index contributed by atoms with van der Waals surface area (Å²) in [5, 5.41) is 0. The Hall–Kier alpha value is -2.55. The third-order valence-corrected chi connectivity index (χ3v) is 3.67. The van der Waals surface area contributed by atoms with E-state index < -0.39 is 11.6 Å². The van der Waals surface area contributed by atoms with Crippen molar-refractivity contribution in [1.29, 1.82) is 0 Å². The Morgan fingerprint density at radius 2 is 1.45 bits per heavy atom. The molecule has 2 aromatic carbocycles. The molecule has 0 aliphatic rings. The number of benzene rings is 2. The van der Waals surface area contributed by atoms with Crippen molar-refractivity contribution in [2.75, 3.05) is 0 Å². The smallest absolute Gasteiger partial charge is 0.131 e. The summed E-state index contributed by atoms with van der Waals surface area (Å²) in [6, 6.07) is 14.0. The third kappa shape index (κ3) is 2.75. The minimum atomic E-state index is -0.441. The molecule has 1 heterocycles. The van der Waals surface area contributed by atoms with Crippen molar-refractivity contribution in [3.63, 3.8) is 0 Å². The summed E-state index contributed by atoms with van der Waals surface area (Å²) in [7, 11) is 0. The van der Waals surface area contributed by atoms with Gasteiger partial charge >= 0.3 is 0 Å². The lowest BCUT2D eigenvalue weighted by atomic mass is 10.0. The molecule has 0 aliphatic heterocycles. The first kappa shape index (κ1) is 14.4. The average molecular weight is 295 g/mol. The number of pyridine rings is 1. The maximum absolute atomic E-state index is 14.0. The van der Waals surface area contributed by atoms with Crippen LogP contribution in [0.4, 0.5) is 8.78 Å². The Labute approximate surface area is 128 Å². The molecule has 3 heteroatoms. The van der Waals surface area contributed by atoms with Gasteiger partial charge in [-0.1, -0.05) is 35.9 Å². The standard InChI is InChI=1S/C19H15F2N/c1-12-3-5-14(6-4-12)19-8-7-15(11-22-19)16-10-17(20)13(2)9-18(16)21/h3-11H,1-2H3. The fourth-order valence-electron chi connectivity index (χ4n) is 2.32. The summed E-state index contributed by atoms with van der Waals surface area (Å²) in [5.41, 5.74) is 4.06. The molecule has 0 spiro atoms. The minimum Gasteiger partial charge on any atom is -0.256 e. The number of hydrogen-bond acceptors (Lipinski definition) is 1. The number of aromatic nitrogens is 1. The van der Waals surface area contributed by atoms with Crippen LogP contribution in [0.15, 0.2) is 54.7 Å². The molecule has 3 aromatic rings. The molecule has 0 saturated carbocycles. The normalized spacial score (nSPS) is 10.7. The molecule has 1 aromatic heterocycles. The van der Waals surface area contributed by atoms with Crippen LogP contribution in [0.5, 0.6) is 0 Å². The van der Waals surface area contributed by atoms with Crippen molar-refractivity contribution in [1.82, 2.24) is 4.98 Å². The van der Waals surface area contributed by atoms with Crippen molar-refractivity contribution < 1.29 is 8.78 Å². The monoisotopic (exact) mass is 295 g/mol. The van der Waals surface area contributed by atoms with E-state index in [2.05, 4.69) is 4.98 Å². The molecule has 0 fully saturated rings. The second kappa shape index (κ2) is 5.68. The molecule has 0 amide bonds. The lowest BCUT2D eigenvalue weighted by Crippen LogP contribution is -1.92. The van der Waals surface area contributed by atoms with E-state index in [-0.39, 0.29) is 5.56 Å². The van der Waals surface area contributed by atoms with E-state index in [1.807, 2.05) is 37.3 Å². The van der Waals surface area contributed by atoms with Gasteiger partial charge in [0, 0.05) is 22.9 Å². The van der Waals surface area contributed by atoms with Crippen LogP contribution in [0.1, 0.15) is 11.1 Å². The topological polar surface area (TPSA) is 12.9 Å². The maximum Gasteiger partial charge on any atom is 0.131 e. The highest BCUT2D eigenvalue weighted by Gasteiger charge is 2.10. The second-order valence-corrected chi connectivity index (χ2v) is 5.38. The summed E-state index contributed by atoms with van der Waals surface area (Å²) in [6.45, 7) is 3.57. The van der Waals surface area contributed by atoms with Crippen molar-refractivity contribution in [3.8, 4) is 22.4 Å². The largest absolute Gasteiger partial charge is 0.256 e. The van der Waals surface area contributed by atoms with E-state index in [0.29, 0.717) is 11.1 Å².